The smallest absolute Gasteiger partial charge is 0.222 e. The molecule has 1 aromatic heterocycles. The Bertz CT molecular complexity index is 561. The Balaban J connectivity index is 2.20. The maximum atomic E-state index is 10.0. The molecule has 88 valence electrons. The third-order valence-electron chi connectivity index (χ3n) is 3.30. The van der Waals surface area contributed by atoms with E-state index in [4.69, 9.17) is 10.3 Å². The van der Waals surface area contributed by atoms with Crippen molar-refractivity contribution in [2.75, 3.05) is 5.73 Å². The van der Waals surface area contributed by atoms with E-state index < -0.39 is 0 Å². The monoisotopic (exact) mass is 230 g/mol. The number of hydrogen-bond acceptors (Lipinski definition) is 4. The maximum Gasteiger partial charge on any atom is 0.222 e. The molecule has 0 atom stereocenters. The van der Waals surface area contributed by atoms with Crippen LogP contribution in [0.15, 0.2) is 22.7 Å². The second-order valence-electron chi connectivity index (χ2n) is 4.42. The van der Waals surface area contributed by atoms with Crippen LogP contribution in [0.2, 0.25) is 0 Å². The Kier molecular flexibility index (Phi) is 2.28. The highest BCUT2D eigenvalue weighted by atomic mass is 16.5. The molecular weight excluding hydrogens is 216 g/mol. The number of fused-ring (bicyclic) bond motifs is 1. The van der Waals surface area contributed by atoms with Gasteiger partial charge in [-0.25, -0.2) is 0 Å². The Morgan fingerprint density at radius 2 is 2.06 bits per heavy atom. The molecule has 0 amide bonds. The fraction of sp³-hybridized carbons (Fsp3) is 0.308. The maximum absolute atomic E-state index is 10.0. The lowest BCUT2D eigenvalue weighted by Gasteiger charge is -2.19. The van der Waals surface area contributed by atoms with Gasteiger partial charge in [-0.1, -0.05) is 11.2 Å². The summed E-state index contributed by atoms with van der Waals surface area (Å²) in [5.74, 6) is 0.520. The molecule has 17 heavy (non-hydrogen) atoms. The van der Waals surface area contributed by atoms with Gasteiger partial charge in [0.05, 0.1) is 0 Å². The predicted molar refractivity (Wildman–Crippen MR) is 64.7 cm³/mol. The van der Waals surface area contributed by atoms with Crippen molar-refractivity contribution >= 4 is 5.88 Å². The number of nitrogen functional groups attached to an aromatic ring is 1. The zero-order chi connectivity index (χ0) is 11.8. The van der Waals surface area contributed by atoms with Crippen LogP contribution in [0.3, 0.4) is 0 Å². The van der Waals surface area contributed by atoms with Crippen molar-refractivity contribution in [2.45, 2.75) is 25.7 Å². The average Bonchev–Trinajstić information content (AvgIpc) is 2.75. The van der Waals surface area contributed by atoms with Crippen LogP contribution in [0.4, 0.5) is 5.88 Å². The fourth-order valence-electron chi connectivity index (χ4n) is 2.51. The summed E-state index contributed by atoms with van der Waals surface area (Å²) in [6.07, 6.45) is 4.40. The van der Waals surface area contributed by atoms with Crippen molar-refractivity contribution in [2.24, 2.45) is 0 Å². The van der Waals surface area contributed by atoms with Gasteiger partial charge in [0, 0.05) is 11.6 Å². The number of nitrogens with two attached hydrogens (primary N) is 1. The molecule has 0 saturated carbocycles. The summed E-state index contributed by atoms with van der Waals surface area (Å²) in [6.45, 7) is 0. The van der Waals surface area contributed by atoms with Crippen LogP contribution >= 0.6 is 0 Å². The molecule has 0 radical (unpaired) electrons. The van der Waals surface area contributed by atoms with Gasteiger partial charge in [-0.05, 0) is 42.9 Å². The Morgan fingerprint density at radius 1 is 1.24 bits per heavy atom. The van der Waals surface area contributed by atoms with Crippen LogP contribution in [-0.4, -0.2) is 10.3 Å². The first kappa shape index (κ1) is 10.2. The highest BCUT2D eigenvalue weighted by Crippen LogP contribution is 2.37. The fourth-order valence-corrected chi connectivity index (χ4v) is 2.51. The van der Waals surface area contributed by atoms with E-state index in [0.29, 0.717) is 5.69 Å². The minimum atomic E-state index is 0.249. The lowest BCUT2D eigenvalue weighted by atomic mass is 9.87. The van der Waals surface area contributed by atoms with Gasteiger partial charge in [0.1, 0.15) is 11.4 Å². The van der Waals surface area contributed by atoms with E-state index in [1.54, 1.807) is 12.1 Å². The molecule has 0 aliphatic heterocycles. The van der Waals surface area contributed by atoms with E-state index in [0.717, 1.165) is 24.8 Å². The molecule has 1 aliphatic carbocycles. The molecule has 0 saturated heterocycles. The number of aryl methyl sites for hydroxylation is 1. The quantitative estimate of drug-likeness (QED) is 0.789. The van der Waals surface area contributed by atoms with Gasteiger partial charge >= 0.3 is 0 Å². The van der Waals surface area contributed by atoms with E-state index in [2.05, 4.69) is 5.16 Å². The van der Waals surface area contributed by atoms with Crippen molar-refractivity contribution in [3.8, 4) is 17.0 Å². The number of benzene rings is 1. The van der Waals surface area contributed by atoms with Crippen LogP contribution < -0.4 is 5.73 Å². The first-order valence-corrected chi connectivity index (χ1v) is 5.82. The highest BCUT2D eigenvalue weighted by molar-refractivity contribution is 5.73. The van der Waals surface area contributed by atoms with Crippen LogP contribution in [-0.2, 0) is 12.8 Å². The summed E-state index contributed by atoms with van der Waals surface area (Å²) in [7, 11) is 0. The van der Waals surface area contributed by atoms with Crippen LogP contribution in [0.1, 0.15) is 24.0 Å². The summed E-state index contributed by atoms with van der Waals surface area (Å²) in [6, 6.07) is 5.38. The van der Waals surface area contributed by atoms with Crippen molar-refractivity contribution in [3.05, 3.63) is 29.3 Å². The first-order chi connectivity index (χ1) is 8.25. The summed E-state index contributed by atoms with van der Waals surface area (Å²) < 4.78 is 4.88. The normalized spacial score (nSPS) is 14.6. The number of hydrogen-bond donors (Lipinski definition) is 2. The topological polar surface area (TPSA) is 72.3 Å². The van der Waals surface area contributed by atoms with Gasteiger partial charge in [0.25, 0.3) is 0 Å². The van der Waals surface area contributed by atoms with Crippen LogP contribution in [0.5, 0.6) is 5.75 Å². The van der Waals surface area contributed by atoms with Crippen molar-refractivity contribution < 1.29 is 9.63 Å². The van der Waals surface area contributed by atoms with E-state index in [1.165, 1.54) is 17.5 Å². The summed E-state index contributed by atoms with van der Waals surface area (Å²) in [5, 5.41) is 13.9. The number of nitrogens with zero attached hydrogens (tertiary/aromatic N) is 1. The molecule has 3 rings (SSSR count). The van der Waals surface area contributed by atoms with Gasteiger partial charge in [-0.15, -0.1) is 0 Å². The Hall–Kier alpha value is -1.97. The molecule has 3 N–H and O–H groups in total. The predicted octanol–water partition coefficient (Wildman–Crippen LogP) is 2.51. The molecule has 4 heteroatoms. The van der Waals surface area contributed by atoms with Gasteiger partial charge in [0.15, 0.2) is 0 Å². The second-order valence-corrected chi connectivity index (χ2v) is 4.42. The molecule has 0 bridgehead atoms. The zero-order valence-electron chi connectivity index (χ0n) is 9.44. The van der Waals surface area contributed by atoms with Crippen molar-refractivity contribution in [3.63, 3.8) is 0 Å². The molecule has 0 spiro atoms. The average molecular weight is 230 g/mol. The third-order valence-corrected chi connectivity index (χ3v) is 3.30. The van der Waals surface area contributed by atoms with E-state index in [-0.39, 0.29) is 11.6 Å². The number of phenolic OH excluding ortho intramolecular Hbond substituents is 1. The van der Waals surface area contributed by atoms with Crippen LogP contribution in [0, 0.1) is 0 Å². The zero-order valence-corrected chi connectivity index (χ0v) is 9.44. The molecule has 2 aromatic rings. The first-order valence-electron chi connectivity index (χ1n) is 5.82. The van der Waals surface area contributed by atoms with Gasteiger partial charge < -0.3 is 15.4 Å². The molecule has 1 heterocycles. The molecular formula is C13H14N2O2. The molecule has 0 unspecified atom stereocenters. The van der Waals surface area contributed by atoms with Gasteiger partial charge in [-0.2, -0.15) is 0 Å². The van der Waals surface area contributed by atoms with E-state index in [1.807, 2.05) is 6.07 Å². The van der Waals surface area contributed by atoms with E-state index in [9.17, 15) is 5.11 Å². The largest absolute Gasteiger partial charge is 0.507 e. The summed E-state index contributed by atoms with van der Waals surface area (Å²) >= 11 is 0. The third kappa shape index (κ3) is 1.65. The second kappa shape index (κ2) is 3.80. The lowest BCUT2D eigenvalue weighted by molar-refractivity contribution is 0.437. The summed E-state index contributed by atoms with van der Waals surface area (Å²) in [4.78, 5) is 0. The Labute approximate surface area is 99.0 Å². The Morgan fingerprint density at radius 3 is 2.82 bits per heavy atom. The lowest BCUT2D eigenvalue weighted by Crippen LogP contribution is -2.04. The number of phenols is 1. The SMILES string of the molecule is Nc1cc(-c2c(O)ccc3c2CCCC3)no1. The molecule has 1 aromatic carbocycles. The van der Waals surface area contributed by atoms with Crippen molar-refractivity contribution in [1.29, 1.82) is 0 Å². The van der Waals surface area contributed by atoms with E-state index >= 15 is 0 Å². The van der Waals surface area contributed by atoms with Gasteiger partial charge in [-0.3, -0.25) is 0 Å². The number of rotatable bonds is 1. The minimum absolute atomic E-state index is 0.249. The van der Waals surface area contributed by atoms with Crippen LogP contribution in [0.25, 0.3) is 11.3 Å². The minimum Gasteiger partial charge on any atom is -0.507 e. The number of aromatic hydroxyl groups is 1. The highest BCUT2D eigenvalue weighted by Gasteiger charge is 2.19. The summed E-state index contributed by atoms with van der Waals surface area (Å²) in [5.41, 5.74) is 9.42. The number of aromatic nitrogens is 1. The van der Waals surface area contributed by atoms with Gasteiger partial charge in [0.2, 0.25) is 5.88 Å². The van der Waals surface area contributed by atoms with Crippen molar-refractivity contribution in [1.82, 2.24) is 5.16 Å². The molecule has 1 aliphatic rings. The molecule has 0 fully saturated rings. The molecule has 4 nitrogen and oxygen atoms in total. The standard InChI is InChI=1S/C13H14N2O2/c14-12-7-10(15-17-12)13-9-4-2-1-3-8(9)5-6-11(13)16/h5-7,16H,1-4,14H2. The number of anilines is 1.